The van der Waals surface area contributed by atoms with E-state index in [2.05, 4.69) is 25.5 Å². The molecule has 32 heavy (non-hydrogen) atoms. The number of amides is 3. The Kier molecular flexibility index (Phi) is 5.70. The number of hydrogen-bond donors (Lipinski definition) is 2. The van der Waals surface area contributed by atoms with Gasteiger partial charge in [-0.25, -0.2) is 9.78 Å². The van der Waals surface area contributed by atoms with Crippen LogP contribution in [0, 0.1) is 0 Å². The first-order chi connectivity index (χ1) is 15.7. The second-order valence-electron chi connectivity index (χ2n) is 7.52. The minimum absolute atomic E-state index is 0.134. The summed E-state index contributed by atoms with van der Waals surface area (Å²) in [5.74, 6) is -0.316. The second kappa shape index (κ2) is 8.93. The number of piperazine rings is 1. The van der Waals surface area contributed by atoms with E-state index in [9.17, 15) is 9.59 Å². The monoisotopic (exact) mass is 449 g/mol. The average molecular weight is 450 g/mol. The van der Waals surface area contributed by atoms with Gasteiger partial charge >= 0.3 is 6.03 Å². The molecule has 0 unspecified atom stereocenters. The molecule has 0 bridgehead atoms. The van der Waals surface area contributed by atoms with E-state index in [4.69, 9.17) is 0 Å². The average Bonchev–Trinajstić information content (AvgIpc) is 3.47. The zero-order valence-electron chi connectivity index (χ0n) is 17.4. The minimum Gasteiger partial charge on any atom is -0.367 e. The molecule has 2 N–H and O–H groups in total. The van der Waals surface area contributed by atoms with Crippen molar-refractivity contribution >= 4 is 45.5 Å². The molecule has 2 aromatic heterocycles. The Balaban J connectivity index is 1.30. The number of para-hydroxylation sites is 1. The van der Waals surface area contributed by atoms with Crippen LogP contribution in [0.5, 0.6) is 0 Å². The smallest absolute Gasteiger partial charge is 0.330 e. The van der Waals surface area contributed by atoms with E-state index in [0.29, 0.717) is 23.9 Å². The molecule has 164 valence electrons. The number of urea groups is 1. The lowest BCUT2D eigenvalue weighted by Gasteiger charge is -2.30. The molecule has 5 rings (SSSR count). The largest absolute Gasteiger partial charge is 0.367 e. The number of rotatable bonds is 5. The van der Waals surface area contributed by atoms with Crippen LogP contribution in [-0.2, 0) is 0 Å². The van der Waals surface area contributed by atoms with Crippen molar-refractivity contribution in [3.63, 3.8) is 0 Å². The van der Waals surface area contributed by atoms with E-state index >= 15 is 0 Å². The van der Waals surface area contributed by atoms with Crippen LogP contribution in [0.2, 0.25) is 0 Å². The van der Waals surface area contributed by atoms with Crippen molar-refractivity contribution in [2.45, 2.75) is 0 Å². The van der Waals surface area contributed by atoms with Gasteiger partial charge in [-0.2, -0.15) is 0 Å². The normalized spacial score (nSPS) is 16.5. The fourth-order valence-electron chi connectivity index (χ4n) is 3.91. The van der Waals surface area contributed by atoms with E-state index in [1.807, 2.05) is 36.4 Å². The number of nitrogens with one attached hydrogen (secondary N) is 2. The van der Waals surface area contributed by atoms with Gasteiger partial charge in [0.05, 0.1) is 17.6 Å². The summed E-state index contributed by atoms with van der Waals surface area (Å²) in [6.07, 6.45) is 3.38. The van der Waals surface area contributed by atoms with Crippen LogP contribution in [0.1, 0.15) is 10.5 Å². The number of thiazole rings is 1. The Hall–Kier alpha value is -3.50. The lowest BCUT2D eigenvalue weighted by molar-refractivity contribution is 0.102. The van der Waals surface area contributed by atoms with Gasteiger partial charge in [0.15, 0.2) is 5.13 Å². The highest BCUT2D eigenvalue weighted by atomic mass is 32.1. The van der Waals surface area contributed by atoms with Crippen LogP contribution >= 0.6 is 11.3 Å². The molecule has 0 saturated carbocycles. The van der Waals surface area contributed by atoms with Crippen molar-refractivity contribution in [3.05, 3.63) is 59.9 Å². The van der Waals surface area contributed by atoms with Gasteiger partial charge in [-0.3, -0.25) is 19.6 Å². The third kappa shape index (κ3) is 4.02. The number of aromatic nitrogens is 2. The van der Waals surface area contributed by atoms with Gasteiger partial charge in [-0.15, -0.1) is 11.3 Å². The molecule has 3 amide bonds. The number of carbonyl (C=O) groups excluding carboxylic acids is 2. The van der Waals surface area contributed by atoms with Crippen LogP contribution in [0.4, 0.5) is 27.0 Å². The highest BCUT2D eigenvalue weighted by Crippen LogP contribution is 2.29. The molecule has 1 aromatic carbocycles. The Morgan fingerprint density at radius 1 is 1.03 bits per heavy atom. The maximum Gasteiger partial charge on any atom is 0.330 e. The standard InChI is InChI=1S/C22H23N7O2S/c30-20(25-17-14-24-7-6-19(17)27-10-8-23-9-11-27)18-15-32-21(26-18)29-13-12-28(22(29)31)16-4-2-1-3-5-16/h1-7,14-15,23H,8-13H2,(H,25,30). The summed E-state index contributed by atoms with van der Waals surface area (Å²) in [5.41, 5.74) is 2.73. The Bertz CT molecular complexity index is 1110. The number of benzene rings is 1. The van der Waals surface area contributed by atoms with Gasteiger partial charge in [0.1, 0.15) is 5.69 Å². The van der Waals surface area contributed by atoms with Crippen molar-refractivity contribution in [1.29, 1.82) is 0 Å². The van der Waals surface area contributed by atoms with E-state index < -0.39 is 0 Å². The van der Waals surface area contributed by atoms with Gasteiger partial charge in [0.25, 0.3) is 5.91 Å². The predicted octanol–water partition coefficient (Wildman–Crippen LogP) is 2.65. The molecular formula is C22H23N7O2S. The highest BCUT2D eigenvalue weighted by Gasteiger charge is 2.32. The molecule has 0 spiro atoms. The molecule has 9 nitrogen and oxygen atoms in total. The summed E-state index contributed by atoms with van der Waals surface area (Å²) in [6.45, 7) is 4.63. The summed E-state index contributed by atoms with van der Waals surface area (Å²) in [6, 6.07) is 11.3. The first kappa shape index (κ1) is 20.4. The van der Waals surface area contributed by atoms with Gasteiger partial charge < -0.3 is 15.5 Å². The quantitative estimate of drug-likeness (QED) is 0.622. The van der Waals surface area contributed by atoms with Crippen molar-refractivity contribution in [2.75, 3.05) is 59.3 Å². The molecular weight excluding hydrogens is 426 g/mol. The third-order valence-electron chi connectivity index (χ3n) is 5.54. The number of hydrogen-bond acceptors (Lipinski definition) is 7. The summed E-state index contributed by atoms with van der Waals surface area (Å²) in [7, 11) is 0. The highest BCUT2D eigenvalue weighted by molar-refractivity contribution is 7.14. The lowest BCUT2D eigenvalue weighted by Crippen LogP contribution is -2.43. The lowest BCUT2D eigenvalue weighted by atomic mass is 10.2. The SMILES string of the molecule is O=C(Nc1cnccc1N1CCNCC1)c1csc(N2CCN(c3ccccc3)C2=O)n1. The molecule has 2 saturated heterocycles. The van der Waals surface area contributed by atoms with Gasteiger partial charge in [-0.1, -0.05) is 18.2 Å². The molecule has 4 heterocycles. The van der Waals surface area contributed by atoms with E-state index in [1.54, 1.807) is 27.6 Å². The van der Waals surface area contributed by atoms with Crippen LogP contribution in [-0.4, -0.2) is 61.2 Å². The molecule has 2 aliphatic heterocycles. The summed E-state index contributed by atoms with van der Waals surface area (Å²) in [4.78, 5) is 40.0. The molecule has 2 aliphatic rings. The molecule has 0 aliphatic carbocycles. The van der Waals surface area contributed by atoms with Crippen LogP contribution in [0.15, 0.2) is 54.2 Å². The molecule has 10 heteroatoms. The third-order valence-corrected chi connectivity index (χ3v) is 6.40. The summed E-state index contributed by atoms with van der Waals surface area (Å²) < 4.78 is 0. The second-order valence-corrected chi connectivity index (χ2v) is 8.36. The summed E-state index contributed by atoms with van der Waals surface area (Å²) in [5, 5.41) is 8.47. The van der Waals surface area contributed by atoms with Crippen LogP contribution < -0.4 is 25.3 Å². The number of pyridine rings is 1. The van der Waals surface area contributed by atoms with Gasteiger partial charge in [0, 0.05) is 56.5 Å². The van der Waals surface area contributed by atoms with Crippen LogP contribution in [0.25, 0.3) is 0 Å². The molecule has 0 atom stereocenters. The first-order valence-electron chi connectivity index (χ1n) is 10.5. The molecule has 3 aromatic rings. The zero-order chi connectivity index (χ0) is 21.9. The topological polar surface area (TPSA) is 93.7 Å². The fourth-order valence-corrected chi connectivity index (χ4v) is 4.73. The molecule has 0 radical (unpaired) electrons. The van der Waals surface area contributed by atoms with Crippen molar-refractivity contribution in [1.82, 2.24) is 15.3 Å². The van der Waals surface area contributed by atoms with Crippen molar-refractivity contribution < 1.29 is 9.59 Å². The van der Waals surface area contributed by atoms with Crippen LogP contribution in [0.3, 0.4) is 0 Å². The van der Waals surface area contributed by atoms with Gasteiger partial charge in [0.2, 0.25) is 0 Å². The Labute approximate surface area is 189 Å². The van der Waals surface area contributed by atoms with E-state index in [1.165, 1.54) is 11.3 Å². The minimum atomic E-state index is -0.316. The first-order valence-corrected chi connectivity index (χ1v) is 11.4. The van der Waals surface area contributed by atoms with Crippen molar-refractivity contribution in [2.24, 2.45) is 0 Å². The Morgan fingerprint density at radius 2 is 1.81 bits per heavy atom. The number of carbonyl (C=O) groups is 2. The fraction of sp³-hybridized carbons (Fsp3) is 0.273. The maximum absolute atomic E-state index is 12.9. The van der Waals surface area contributed by atoms with E-state index in [-0.39, 0.29) is 17.6 Å². The number of anilines is 4. The number of nitrogens with zero attached hydrogens (tertiary/aromatic N) is 5. The summed E-state index contributed by atoms with van der Waals surface area (Å²) >= 11 is 1.29. The van der Waals surface area contributed by atoms with Crippen molar-refractivity contribution in [3.8, 4) is 0 Å². The van der Waals surface area contributed by atoms with Gasteiger partial charge in [-0.05, 0) is 18.2 Å². The zero-order valence-corrected chi connectivity index (χ0v) is 18.2. The van der Waals surface area contributed by atoms with E-state index in [0.717, 1.165) is 37.6 Å². The maximum atomic E-state index is 12.9. The predicted molar refractivity (Wildman–Crippen MR) is 126 cm³/mol. The Morgan fingerprint density at radius 3 is 2.62 bits per heavy atom. The molecule has 2 fully saturated rings.